The molecule has 0 aliphatic rings. The highest BCUT2D eigenvalue weighted by Crippen LogP contribution is 2.34. The molecule has 0 bridgehead atoms. The molecule has 68 valence electrons. The minimum atomic E-state index is -0.839. The van der Waals surface area contributed by atoms with Crippen molar-refractivity contribution in [1.82, 2.24) is 0 Å². The van der Waals surface area contributed by atoms with E-state index in [2.05, 4.69) is 36.9 Å². The second-order valence-corrected chi connectivity index (χ2v) is 3.61. The summed E-state index contributed by atoms with van der Waals surface area (Å²) in [6, 6.07) is 0.919. The van der Waals surface area contributed by atoms with Crippen molar-refractivity contribution in [3.8, 4) is 0 Å². The van der Waals surface area contributed by atoms with E-state index in [0.29, 0.717) is 0 Å². The number of benzene rings is 1. The fourth-order valence-corrected chi connectivity index (χ4v) is 1.67. The van der Waals surface area contributed by atoms with Gasteiger partial charge in [0.05, 0.1) is 14.6 Å². The molecule has 0 radical (unpaired) electrons. The van der Waals surface area contributed by atoms with Crippen LogP contribution in [0, 0.1) is 11.6 Å². The third kappa shape index (κ3) is 2.02. The molecule has 0 spiro atoms. The lowest BCUT2D eigenvalue weighted by molar-refractivity contribution is 0.563. The highest BCUT2D eigenvalue weighted by atomic mass is 79.9. The van der Waals surface area contributed by atoms with Gasteiger partial charge in [0.25, 0.3) is 0 Å². The Morgan fingerprint density at radius 2 is 1.92 bits per heavy atom. The van der Waals surface area contributed by atoms with Crippen molar-refractivity contribution in [2.24, 2.45) is 4.99 Å². The van der Waals surface area contributed by atoms with Crippen molar-refractivity contribution in [2.75, 3.05) is 0 Å². The van der Waals surface area contributed by atoms with Crippen LogP contribution in [0.2, 0.25) is 0 Å². The van der Waals surface area contributed by atoms with Gasteiger partial charge in [0, 0.05) is 6.07 Å². The monoisotopic (exact) mass is 311 g/mol. The first-order valence-corrected chi connectivity index (χ1v) is 4.57. The van der Waals surface area contributed by atoms with E-state index in [-0.39, 0.29) is 14.6 Å². The molecule has 13 heavy (non-hydrogen) atoms. The Morgan fingerprint density at radius 1 is 1.31 bits per heavy atom. The first-order chi connectivity index (χ1) is 6.07. The van der Waals surface area contributed by atoms with Crippen LogP contribution in [0.4, 0.5) is 14.5 Å². The molecule has 0 saturated carbocycles. The van der Waals surface area contributed by atoms with Gasteiger partial charge in [0.15, 0.2) is 5.82 Å². The lowest BCUT2D eigenvalue weighted by Crippen LogP contribution is -1.86. The first-order valence-electron chi connectivity index (χ1n) is 2.98. The Hall–Kier alpha value is -0.580. The zero-order valence-corrected chi connectivity index (χ0v) is 9.12. The quantitative estimate of drug-likeness (QED) is 0.338. The van der Waals surface area contributed by atoms with E-state index >= 15 is 0 Å². The fourth-order valence-electron chi connectivity index (χ4n) is 0.691. The summed E-state index contributed by atoms with van der Waals surface area (Å²) in [5.74, 6) is -1.66. The van der Waals surface area contributed by atoms with Crippen molar-refractivity contribution in [1.29, 1.82) is 0 Å². The normalized spacial score (nSPS) is 9.54. The second kappa shape index (κ2) is 4.09. The SMILES string of the molecule is O=C=Nc1cc(F)c(Br)c(F)c1Br. The molecule has 1 aromatic carbocycles. The van der Waals surface area contributed by atoms with E-state index in [9.17, 15) is 13.6 Å². The molecule has 1 aromatic rings. The number of isocyanates is 1. The summed E-state index contributed by atoms with van der Waals surface area (Å²) in [6.45, 7) is 0. The van der Waals surface area contributed by atoms with Gasteiger partial charge < -0.3 is 0 Å². The molecule has 0 N–H and O–H groups in total. The van der Waals surface area contributed by atoms with Gasteiger partial charge in [-0.15, -0.1) is 0 Å². The van der Waals surface area contributed by atoms with Crippen LogP contribution in [-0.4, -0.2) is 6.08 Å². The highest BCUT2D eigenvalue weighted by Gasteiger charge is 2.14. The molecule has 0 unspecified atom stereocenters. The third-order valence-corrected chi connectivity index (χ3v) is 2.73. The Labute approximate surface area is 88.9 Å². The minimum absolute atomic E-state index is 0.0795. The van der Waals surface area contributed by atoms with Crippen LogP contribution in [0.15, 0.2) is 20.0 Å². The summed E-state index contributed by atoms with van der Waals surface area (Å²) >= 11 is 5.52. The number of hydrogen-bond donors (Lipinski definition) is 0. The van der Waals surface area contributed by atoms with E-state index in [1.54, 1.807) is 0 Å². The molecule has 0 aliphatic heterocycles. The average molecular weight is 313 g/mol. The molecule has 6 heteroatoms. The average Bonchev–Trinajstić information content (AvgIpc) is 2.11. The van der Waals surface area contributed by atoms with Crippen molar-refractivity contribution in [2.45, 2.75) is 0 Å². The molecule has 0 amide bonds. The lowest BCUT2D eigenvalue weighted by atomic mass is 10.3. The van der Waals surface area contributed by atoms with Gasteiger partial charge in [-0.05, 0) is 31.9 Å². The number of aliphatic imine (C=N–C) groups is 1. The summed E-state index contributed by atoms with van der Waals surface area (Å²) in [6.07, 6.45) is 1.20. The maximum atomic E-state index is 13.1. The molecular weight excluding hydrogens is 312 g/mol. The Kier molecular flexibility index (Phi) is 3.30. The van der Waals surface area contributed by atoms with E-state index in [0.717, 1.165) is 6.07 Å². The van der Waals surface area contributed by atoms with Gasteiger partial charge in [-0.3, -0.25) is 0 Å². The molecule has 0 aliphatic carbocycles. The summed E-state index contributed by atoms with van der Waals surface area (Å²) in [5.41, 5.74) is -0.131. The Morgan fingerprint density at radius 3 is 2.46 bits per heavy atom. The standard InChI is InChI=1S/C7HBr2F2NO/c8-5-3(10)1-4(12-2-13)6(9)7(5)11/h1H. The Bertz CT molecular complexity index is 402. The lowest BCUT2D eigenvalue weighted by Gasteiger charge is -2.01. The summed E-state index contributed by atoms with van der Waals surface area (Å²) in [7, 11) is 0. The molecular formula is C7HBr2F2NO. The van der Waals surface area contributed by atoms with E-state index < -0.39 is 11.6 Å². The van der Waals surface area contributed by atoms with Crippen molar-refractivity contribution in [3.05, 3.63) is 26.6 Å². The maximum Gasteiger partial charge on any atom is 0.240 e. The third-order valence-electron chi connectivity index (χ3n) is 1.25. The van der Waals surface area contributed by atoms with Crippen LogP contribution in [0.5, 0.6) is 0 Å². The summed E-state index contributed by atoms with van der Waals surface area (Å²) in [5, 5.41) is 0. The van der Waals surface area contributed by atoms with Gasteiger partial charge in [-0.2, -0.15) is 4.99 Å². The number of nitrogens with zero attached hydrogens (tertiary/aromatic N) is 1. The van der Waals surface area contributed by atoms with Crippen LogP contribution in [0.3, 0.4) is 0 Å². The van der Waals surface area contributed by atoms with Gasteiger partial charge in [0.2, 0.25) is 6.08 Å². The zero-order valence-electron chi connectivity index (χ0n) is 5.94. The molecule has 0 atom stereocenters. The molecule has 0 aromatic heterocycles. The van der Waals surface area contributed by atoms with Crippen LogP contribution in [0.25, 0.3) is 0 Å². The van der Waals surface area contributed by atoms with Crippen LogP contribution in [0.1, 0.15) is 0 Å². The molecule has 0 saturated heterocycles. The topological polar surface area (TPSA) is 29.4 Å². The van der Waals surface area contributed by atoms with Crippen molar-refractivity contribution >= 4 is 43.6 Å². The van der Waals surface area contributed by atoms with Crippen LogP contribution >= 0.6 is 31.9 Å². The zero-order chi connectivity index (χ0) is 10.0. The first kappa shape index (κ1) is 10.5. The number of hydrogen-bond acceptors (Lipinski definition) is 2. The number of rotatable bonds is 1. The van der Waals surface area contributed by atoms with Crippen LogP contribution in [-0.2, 0) is 4.79 Å². The molecule has 0 heterocycles. The summed E-state index contributed by atoms with van der Waals surface area (Å²) < 4.78 is 25.5. The molecule has 2 nitrogen and oxygen atoms in total. The van der Waals surface area contributed by atoms with Gasteiger partial charge >= 0.3 is 0 Å². The van der Waals surface area contributed by atoms with E-state index in [1.165, 1.54) is 6.08 Å². The minimum Gasteiger partial charge on any atom is -0.211 e. The van der Waals surface area contributed by atoms with Gasteiger partial charge in [-0.25, -0.2) is 13.6 Å². The second-order valence-electron chi connectivity index (χ2n) is 2.02. The smallest absolute Gasteiger partial charge is 0.211 e. The maximum absolute atomic E-state index is 13.1. The summed E-state index contributed by atoms with van der Waals surface area (Å²) in [4.78, 5) is 13.0. The van der Waals surface area contributed by atoms with Crippen molar-refractivity contribution < 1.29 is 13.6 Å². The largest absolute Gasteiger partial charge is 0.240 e. The van der Waals surface area contributed by atoms with E-state index in [1.807, 2.05) is 0 Å². The van der Waals surface area contributed by atoms with Crippen LogP contribution < -0.4 is 0 Å². The van der Waals surface area contributed by atoms with E-state index in [4.69, 9.17) is 0 Å². The van der Waals surface area contributed by atoms with Crippen molar-refractivity contribution in [3.63, 3.8) is 0 Å². The van der Waals surface area contributed by atoms with Gasteiger partial charge in [-0.1, -0.05) is 0 Å². The fraction of sp³-hybridized carbons (Fsp3) is 0. The number of carbonyl (C=O) groups excluding carboxylic acids is 1. The highest BCUT2D eigenvalue weighted by molar-refractivity contribution is 9.11. The van der Waals surface area contributed by atoms with Gasteiger partial charge in [0.1, 0.15) is 5.82 Å². The number of halogens is 4. The predicted molar refractivity (Wildman–Crippen MR) is 49.5 cm³/mol. The Balaban J connectivity index is 3.49. The predicted octanol–water partition coefficient (Wildman–Crippen LogP) is 3.46. The molecule has 0 fully saturated rings. The molecule has 1 rings (SSSR count).